The van der Waals surface area contributed by atoms with Crippen molar-refractivity contribution in [2.75, 3.05) is 4.43 Å². The van der Waals surface area contributed by atoms with E-state index in [4.69, 9.17) is 4.74 Å². The Kier molecular flexibility index (Phi) is 7.77. The number of rotatable bonds is 6. The van der Waals surface area contributed by atoms with Gasteiger partial charge in [0, 0.05) is 11.8 Å². The van der Waals surface area contributed by atoms with Crippen LogP contribution in [0, 0.1) is 11.7 Å². The summed E-state index contributed by atoms with van der Waals surface area (Å²) in [6, 6.07) is 6.88. The number of Topliss-reactive ketones (excluding diaryl/α,β-unsaturated/α-hetero) is 1. The van der Waals surface area contributed by atoms with Crippen molar-refractivity contribution < 1.29 is 40.3 Å². The topological polar surface area (TPSA) is 26.3 Å². The molecule has 4 atom stereocenters. The zero-order chi connectivity index (χ0) is 24.6. The summed E-state index contributed by atoms with van der Waals surface area (Å²) in [6.45, 7) is 1.38. The lowest BCUT2D eigenvalue weighted by molar-refractivity contribution is -0.143. The highest BCUT2D eigenvalue weighted by Crippen LogP contribution is 2.45. The molecule has 33 heavy (non-hydrogen) atoms. The first kappa shape index (κ1) is 25.9. The molecule has 2 nitrogen and oxygen atoms in total. The third kappa shape index (κ3) is 6.06. The summed E-state index contributed by atoms with van der Waals surface area (Å²) in [4.78, 5) is 12.5. The molecule has 0 spiro atoms. The number of carbonyl (C=O) groups excluding carboxylic acids is 1. The smallest absolute Gasteiger partial charge is 0.370 e. The van der Waals surface area contributed by atoms with Crippen LogP contribution in [0.4, 0.5) is 30.7 Å². The number of carbonyl (C=O) groups is 1. The van der Waals surface area contributed by atoms with Crippen molar-refractivity contribution in [3.05, 3.63) is 70.5 Å². The number of ether oxygens (including phenoxy) is 1. The fraction of sp³-hybridized carbons (Fsp3) is 0.435. The van der Waals surface area contributed by atoms with E-state index in [1.165, 1.54) is 31.2 Å². The van der Waals surface area contributed by atoms with Gasteiger partial charge in [0.2, 0.25) is 0 Å². The molecule has 1 aliphatic carbocycles. The van der Waals surface area contributed by atoms with Crippen LogP contribution in [0.3, 0.4) is 0 Å². The van der Waals surface area contributed by atoms with Crippen molar-refractivity contribution in [2.24, 2.45) is 5.92 Å². The van der Waals surface area contributed by atoms with Crippen molar-refractivity contribution in [3.63, 3.8) is 0 Å². The molecule has 0 radical (unpaired) electrons. The predicted molar refractivity (Wildman–Crippen MR) is 115 cm³/mol. The van der Waals surface area contributed by atoms with E-state index in [1.54, 1.807) is 0 Å². The van der Waals surface area contributed by atoms with Crippen LogP contribution in [0.25, 0.3) is 0 Å². The largest absolute Gasteiger partial charge is 0.416 e. The molecule has 1 fully saturated rings. The average Bonchev–Trinajstić information content (AvgIpc) is 3.15. The van der Waals surface area contributed by atoms with Gasteiger partial charge in [0.05, 0.1) is 27.8 Å². The van der Waals surface area contributed by atoms with Crippen LogP contribution >= 0.6 is 22.6 Å². The second-order valence-electron chi connectivity index (χ2n) is 8.02. The number of benzene rings is 2. The first-order valence-corrected chi connectivity index (χ1v) is 11.6. The lowest BCUT2D eigenvalue weighted by Crippen LogP contribution is -2.27. The number of alkyl halides is 7. The van der Waals surface area contributed by atoms with E-state index in [0.29, 0.717) is 30.5 Å². The minimum atomic E-state index is -4.96. The van der Waals surface area contributed by atoms with Gasteiger partial charge >= 0.3 is 12.4 Å². The molecule has 0 saturated heterocycles. The van der Waals surface area contributed by atoms with Crippen molar-refractivity contribution in [2.45, 2.75) is 50.2 Å². The van der Waals surface area contributed by atoms with Crippen LogP contribution < -0.4 is 0 Å². The van der Waals surface area contributed by atoms with E-state index < -0.39 is 53.3 Å². The average molecular weight is 588 g/mol. The van der Waals surface area contributed by atoms with Gasteiger partial charge in [-0.3, -0.25) is 4.79 Å². The fourth-order valence-electron chi connectivity index (χ4n) is 4.26. The van der Waals surface area contributed by atoms with Gasteiger partial charge in [-0.2, -0.15) is 26.3 Å². The maximum Gasteiger partial charge on any atom is 0.416 e. The van der Waals surface area contributed by atoms with E-state index in [0.717, 1.165) is 0 Å². The third-order valence-electron chi connectivity index (χ3n) is 5.85. The SMILES string of the molecule is CC(O[C@H]1CC[C@@H](C(=O)CI)C1c1ccc(F)cc1)c1cc(C(F)(F)F)cc(C(F)(F)F)c1. The highest BCUT2D eigenvalue weighted by molar-refractivity contribution is 14.1. The Morgan fingerprint density at radius 3 is 2.03 bits per heavy atom. The van der Waals surface area contributed by atoms with Crippen LogP contribution in [0.2, 0.25) is 0 Å². The zero-order valence-corrected chi connectivity index (χ0v) is 19.5. The molecule has 0 amide bonds. The molecule has 3 rings (SSSR count). The van der Waals surface area contributed by atoms with Gasteiger partial charge in [-0.05, 0) is 61.2 Å². The predicted octanol–water partition coefficient (Wildman–Crippen LogP) is 7.51. The van der Waals surface area contributed by atoms with Crippen molar-refractivity contribution in [3.8, 4) is 0 Å². The van der Waals surface area contributed by atoms with E-state index in [9.17, 15) is 35.5 Å². The number of hydrogen-bond acceptors (Lipinski definition) is 2. The van der Waals surface area contributed by atoms with Gasteiger partial charge in [0.1, 0.15) is 11.6 Å². The summed E-state index contributed by atoms with van der Waals surface area (Å²) in [5.74, 6) is -1.43. The normalized spacial score (nSPS) is 22.4. The molecule has 1 aliphatic rings. The molecule has 0 N–H and O–H groups in total. The third-order valence-corrected chi connectivity index (χ3v) is 6.61. The molecule has 2 aromatic carbocycles. The van der Waals surface area contributed by atoms with Crippen molar-refractivity contribution in [1.29, 1.82) is 0 Å². The molecule has 180 valence electrons. The standard InChI is InChI=1S/C23H20F7IO2/c1-12(14-8-15(22(25,26)27)10-16(9-14)23(28,29)30)33-20-7-6-18(19(32)11-31)21(20)13-2-4-17(24)5-3-13/h2-5,8-10,12,18,20-21H,6-7,11H2,1H3/t12?,18-,20-,21?/m0/s1. The Balaban J connectivity index is 1.94. The summed E-state index contributed by atoms with van der Waals surface area (Å²) in [6.07, 6.45) is -10.8. The Hall–Kier alpha value is -1.69. The Labute approximate surface area is 199 Å². The van der Waals surface area contributed by atoms with Crippen LogP contribution in [-0.4, -0.2) is 16.3 Å². The number of ketones is 1. The van der Waals surface area contributed by atoms with E-state index in [2.05, 4.69) is 0 Å². The van der Waals surface area contributed by atoms with E-state index >= 15 is 0 Å². The van der Waals surface area contributed by atoms with Gasteiger partial charge < -0.3 is 4.74 Å². The van der Waals surface area contributed by atoms with Crippen molar-refractivity contribution >= 4 is 28.4 Å². The van der Waals surface area contributed by atoms with Crippen LogP contribution in [0.1, 0.15) is 54.0 Å². The quantitative estimate of drug-likeness (QED) is 0.199. The van der Waals surface area contributed by atoms with Crippen LogP contribution in [-0.2, 0) is 21.9 Å². The van der Waals surface area contributed by atoms with Gasteiger partial charge in [-0.15, -0.1) is 0 Å². The first-order valence-electron chi connectivity index (χ1n) is 10.1. The molecule has 0 bridgehead atoms. The summed E-state index contributed by atoms with van der Waals surface area (Å²) >= 11 is 1.94. The molecule has 2 unspecified atom stereocenters. The molecule has 0 aromatic heterocycles. The van der Waals surface area contributed by atoms with E-state index in [-0.39, 0.29) is 21.8 Å². The molecule has 2 aromatic rings. The second-order valence-corrected chi connectivity index (χ2v) is 8.78. The Bertz CT molecular complexity index is 954. The van der Waals surface area contributed by atoms with Gasteiger partial charge in [0.15, 0.2) is 0 Å². The summed E-state index contributed by atoms with van der Waals surface area (Å²) < 4.78 is 99.0. The van der Waals surface area contributed by atoms with E-state index in [1.807, 2.05) is 22.6 Å². The highest BCUT2D eigenvalue weighted by atomic mass is 127. The Morgan fingerprint density at radius 1 is 1.00 bits per heavy atom. The molecule has 0 heterocycles. The molecular weight excluding hydrogens is 568 g/mol. The maximum atomic E-state index is 13.4. The van der Waals surface area contributed by atoms with Gasteiger partial charge in [-0.1, -0.05) is 34.7 Å². The minimum absolute atomic E-state index is 0.0397. The molecule has 1 saturated carbocycles. The lowest BCUT2D eigenvalue weighted by atomic mass is 9.85. The Morgan fingerprint density at radius 2 is 1.55 bits per heavy atom. The summed E-state index contributed by atoms with van der Waals surface area (Å²) in [5, 5.41) is 0. The molecule has 10 heteroatoms. The van der Waals surface area contributed by atoms with Crippen LogP contribution in [0.15, 0.2) is 42.5 Å². The highest BCUT2D eigenvalue weighted by Gasteiger charge is 2.42. The van der Waals surface area contributed by atoms with Crippen molar-refractivity contribution in [1.82, 2.24) is 0 Å². The maximum absolute atomic E-state index is 13.4. The zero-order valence-electron chi connectivity index (χ0n) is 17.3. The minimum Gasteiger partial charge on any atom is -0.370 e. The molecule has 0 aliphatic heterocycles. The fourth-order valence-corrected chi connectivity index (χ4v) is 4.83. The summed E-state index contributed by atoms with van der Waals surface area (Å²) in [5.41, 5.74) is -2.46. The first-order chi connectivity index (χ1) is 15.3. The molecular formula is C23H20F7IO2. The second kappa shape index (κ2) is 9.89. The number of halogens is 8. The summed E-state index contributed by atoms with van der Waals surface area (Å²) in [7, 11) is 0. The van der Waals surface area contributed by atoms with Gasteiger partial charge in [-0.25, -0.2) is 4.39 Å². The lowest BCUT2D eigenvalue weighted by Gasteiger charge is -2.28. The van der Waals surface area contributed by atoms with Crippen LogP contribution in [0.5, 0.6) is 0 Å². The van der Waals surface area contributed by atoms with Gasteiger partial charge in [0.25, 0.3) is 0 Å². The number of hydrogen-bond donors (Lipinski definition) is 0. The monoisotopic (exact) mass is 588 g/mol.